The van der Waals surface area contributed by atoms with E-state index >= 15 is 0 Å². The summed E-state index contributed by atoms with van der Waals surface area (Å²) in [4.78, 5) is 34.5. The molecule has 8 nitrogen and oxygen atoms in total. The van der Waals surface area contributed by atoms with Crippen LogP contribution in [0.2, 0.25) is 0 Å². The standard InChI is InChI=1S/C17H22N2O6/c1-24-13-8-11(4-5-12(13)25-10-14(18)20)16(23)19-17(9-15(21)22)6-2-3-7-17/h4-5,8H,2-3,6-7,9-10H2,1H3,(H2,18,20)(H,19,23)(H,21,22). The normalized spacial score (nSPS) is 15.4. The molecule has 4 N–H and O–H groups in total. The van der Waals surface area contributed by atoms with Gasteiger partial charge in [0.15, 0.2) is 18.1 Å². The lowest BCUT2D eigenvalue weighted by Crippen LogP contribution is -2.47. The molecule has 0 radical (unpaired) electrons. The highest BCUT2D eigenvalue weighted by Crippen LogP contribution is 2.34. The molecule has 136 valence electrons. The number of benzene rings is 1. The summed E-state index contributed by atoms with van der Waals surface area (Å²) in [6.07, 6.45) is 2.95. The highest BCUT2D eigenvalue weighted by Gasteiger charge is 2.37. The number of ether oxygens (including phenoxy) is 2. The first kappa shape index (κ1) is 18.6. The topological polar surface area (TPSA) is 128 Å². The van der Waals surface area contributed by atoms with Gasteiger partial charge in [0.05, 0.1) is 19.1 Å². The summed E-state index contributed by atoms with van der Waals surface area (Å²) in [5.74, 6) is -1.36. The zero-order valence-corrected chi connectivity index (χ0v) is 14.0. The number of nitrogens with one attached hydrogen (secondary N) is 1. The smallest absolute Gasteiger partial charge is 0.305 e. The summed E-state index contributed by atoms with van der Waals surface area (Å²) < 4.78 is 10.4. The first-order chi connectivity index (χ1) is 11.8. The van der Waals surface area contributed by atoms with Gasteiger partial charge >= 0.3 is 5.97 Å². The van der Waals surface area contributed by atoms with E-state index in [0.29, 0.717) is 24.2 Å². The minimum Gasteiger partial charge on any atom is -0.493 e. The van der Waals surface area contributed by atoms with E-state index in [1.807, 2.05) is 0 Å². The van der Waals surface area contributed by atoms with Crippen LogP contribution in [0.15, 0.2) is 18.2 Å². The van der Waals surface area contributed by atoms with Crippen LogP contribution >= 0.6 is 0 Å². The Hall–Kier alpha value is -2.77. The molecule has 0 spiro atoms. The number of primary amides is 1. The number of methoxy groups -OCH3 is 1. The van der Waals surface area contributed by atoms with Crippen molar-refractivity contribution in [3.05, 3.63) is 23.8 Å². The number of nitrogens with two attached hydrogens (primary N) is 1. The summed E-state index contributed by atoms with van der Waals surface area (Å²) in [7, 11) is 1.41. The highest BCUT2D eigenvalue weighted by atomic mass is 16.5. The van der Waals surface area contributed by atoms with Crippen molar-refractivity contribution < 1.29 is 29.0 Å². The Morgan fingerprint density at radius 1 is 1.24 bits per heavy atom. The van der Waals surface area contributed by atoms with Crippen LogP contribution in [0.4, 0.5) is 0 Å². The Labute approximate surface area is 145 Å². The zero-order valence-electron chi connectivity index (χ0n) is 14.0. The molecule has 0 bridgehead atoms. The van der Waals surface area contributed by atoms with E-state index in [-0.39, 0.29) is 24.7 Å². The zero-order chi connectivity index (χ0) is 18.4. The molecule has 1 aromatic carbocycles. The van der Waals surface area contributed by atoms with Gasteiger partial charge in [-0.15, -0.1) is 0 Å². The second-order valence-electron chi connectivity index (χ2n) is 6.13. The SMILES string of the molecule is COc1cc(C(=O)NC2(CC(=O)O)CCCC2)ccc1OCC(N)=O. The molecule has 0 aromatic heterocycles. The number of carbonyl (C=O) groups excluding carboxylic acids is 2. The van der Waals surface area contributed by atoms with E-state index in [1.54, 1.807) is 0 Å². The number of hydrogen-bond donors (Lipinski definition) is 3. The molecule has 8 heteroatoms. The van der Waals surface area contributed by atoms with Crippen LogP contribution in [0.25, 0.3) is 0 Å². The Morgan fingerprint density at radius 3 is 2.48 bits per heavy atom. The molecule has 1 saturated carbocycles. The van der Waals surface area contributed by atoms with Crippen LogP contribution in [0.3, 0.4) is 0 Å². The first-order valence-corrected chi connectivity index (χ1v) is 7.99. The fourth-order valence-electron chi connectivity index (χ4n) is 3.08. The van der Waals surface area contributed by atoms with Crippen LogP contribution in [-0.2, 0) is 9.59 Å². The lowest BCUT2D eigenvalue weighted by Gasteiger charge is -2.28. The summed E-state index contributed by atoms with van der Waals surface area (Å²) >= 11 is 0. The Morgan fingerprint density at radius 2 is 1.92 bits per heavy atom. The average Bonchev–Trinajstić information content (AvgIpc) is 2.99. The molecule has 1 fully saturated rings. The van der Waals surface area contributed by atoms with Gasteiger partial charge in [-0.1, -0.05) is 12.8 Å². The highest BCUT2D eigenvalue weighted by molar-refractivity contribution is 5.95. The predicted octanol–water partition coefficient (Wildman–Crippen LogP) is 1.08. The average molecular weight is 350 g/mol. The molecule has 0 heterocycles. The number of carboxylic acid groups (broad SMARTS) is 1. The van der Waals surface area contributed by atoms with Crippen molar-refractivity contribution in [3.8, 4) is 11.5 Å². The van der Waals surface area contributed by atoms with E-state index in [2.05, 4.69) is 5.32 Å². The number of carboxylic acids is 1. The first-order valence-electron chi connectivity index (χ1n) is 7.99. The van der Waals surface area contributed by atoms with Crippen molar-refractivity contribution in [2.45, 2.75) is 37.6 Å². The van der Waals surface area contributed by atoms with E-state index in [9.17, 15) is 14.4 Å². The Balaban J connectivity index is 2.15. The summed E-state index contributed by atoms with van der Waals surface area (Å²) in [6, 6.07) is 4.52. The van der Waals surface area contributed by atoms with Crippen molar-refractivity contribution in [2.24, 2.45) is 5.73 Å². The summed E-state index contributed by atoms with van der Waals surface area (Å²) in [5, 5.41) is 12.0. The Kier molecular flexibility index (Phi) is 5.84. The fourth-order valence-corrected chi connectivity index (χ4v) is 3.08. The van der Waals surface area contributed by atoms with Crippen LogP contribution in [0.5, 0.6) is 11.5 Å². The molecular formula is C17H22N2O6. The maximum absolute atomic E-state index is 12.6. The number of rotatable bonds is 8. The van der Waals surface area contributed by atoms with Crippen LogP contribution < -0.4 is 20.5 Å². The van der Waals surface area contributed by atoms with Gasteiger partial charge in [0.25, 0.3) is 11.8 Å². The van der Waals surface area contributed by atoms with Crippen molar-refractivity contribution in [1.82, 2.24) is 5.32 Å². The van der Waals surface area contributed by atoms with Gasteiger partial charge in [0.1, 0.15) is 0 Å². The molecule has 0 atom stereocenters. The van der Waals surface area contributed by atoms with Gasteiger partial charge in [0, 0.05) is 5.56 Å². The maximum Gasteiger partial charge on any atom is 0.305 e. The molecule has 2 rings (SSSR count). The van der Waals surface area contributed by atoms with Crippen molar-refractivity contribution in [3.63, 3.8) is 0 Å². The van der Waals surface area contributed by atoms with Crippen LogP contribution in [-0.4, -0.2) is 42.1 Å². The third-order valence-electron chi connectivity index (χ3n) is 4.22. The fraction of sp³-hybridized carbons (Fsp3) is 0.471. The van der Waals surface area contributed by atoms with Crippen LogP contribution in [0, 0.1) is 0 Å². The number of amides is 2. The van der Waals surface area contributed by atoms with E-state index in [1.165, 1.54) is 25.3 Å². The lowest BCUT2D eigenvalue weighted by atomic mass is 9.92. The molecule has 25 heavy (non-hydrogen) atoms. The van der Waals surface area contributed by atoms with E-state index in [4.69, 9.17) is 20.3 Å². The van der Waals surface area contributed by atoms with E-state index in [0.717, 1.165) is 12.8 Å². The molecule has 1 aliphatic carbocycles. The third-order valence-corrected chi connectivity index (χ3v) is 4.22. The van der Waals surface area contributed by atoms with Crippen molar-refractivity contribution in [1.29, 1.82) is 0 Å². The lowest BCUT2D eigenvalue weighted by molar-refractivity contribution is -0.138. The second kappa shape index (κ2) is 7.87. The molecule has 0 saturated heterocycles. The maximum atomic E-state index is 12.6. The van der Waals surface area contributed by atoms with Gasteiger partial charge in [-0.25, -0.2) is 0 Å². The van der Waals surface area contributed by atoms with Gasteiger partial charge in [0.2, 0.25) is 0 Å². The quantitative estimate of drug-likeness (QED) is 0.643. The summed E-state index contributed by atoms with van der Waals surface area (Å²) in [6.45, 7) is -0.302. The molecule has 1 aromatic rings. The summed E-state index contributed by atoms with van der Waals surface area (Å²) in [5.41, 5.74) is 4.65. The van der Waals surface area contributed by atoms with Crippen molar-refractivity contribution >= 4 is 17.8 Å². The molecule has 0 unspecified atom stereocenters. The second-order valence-corrected chi connectivity index (χ2v) is 6.13. The Bertz CT molecular complexity index is 667. The van der Waals surface area contributed by atoms with Crippen molar-refractivity contribution in [2.75, 3.05) is 13.7 Å². The van der Waals surface area contributed by atoms with Gasteiger partial charge in [-0.2, -0.15) is 0 Å². The molecule has 0 aliphatic heterocycles. The molecular weight excluding hydrogens is 328 g/mol. The predicted molar refractivity (Wildman–Crippen MR) is 88.6 cm³/mol. The third kappa shape index (κ3) is 4.85. The minimum absolute atomic E-state index is 0.102. The number of carbonyl (C=O) groups is 3. The van der Waals surface area contributed by atoms with E-state index < -0.39 is 17.4 Å². The van der Waals surface area contributed by atoms with Crippen LogP contribution in [0.1, 0.15) is 42.5 Å². The largest absolute Gasteiger partial charge is 0.493 e. The van der Waals surface area contributed by atoms with Gasteiger partial charge in [-0.3, -0.25) is 14.4 Å². The number of hydrogen-bond acceptors (Lipinski definition) is 5. The van der Waals surface area contributed by atoms with Gasteiger partial charge < -0.3 is 25.6 Å². The minimum atomic E-state index is -0.935. The monoisotopic (exact) mass is 350 g/mol. The molecule has 1 aliphatic rings. The molecule has 2 amide bonds. The van der Waals surface area contributed by atoms with Gasteiger partial charge in [-0.05, 0) is 31.0 Å². The number of aliphatic carboxylic acids is 1.